The third kappa shape index (κ3) is 3.21. The molecular formula is C14H25NO2. The Morgan fingerprint density at radius 1 is 1.29 bits per heavy atom. The highest BCUT2D eigenvalue weighted by Gasteiger charge is 2.37. The second-order valence-corrected chi connectivity index (χ2v) is 6.09. The van der Waals surface area contributed by atoms with Gasteiger partial charge in [-0.25, -0.2) is 0 Å². The van der Waals surface area contributed by atoms with E-state index in [1.807, 2.05) is 0 Å². The number of hydrogen-bond donors (Lipinski definition) is 1. The summed E-state index contributed by atoms with van der Waals surface area (Å²) in [6.45, 7) is 4.47. The van der Waals surface area contributed by atoms with Crippen LogP contribution in [0.25, 0.3) is 0 Å². The standard InChI is InChI=1S/C14H25NO2/c1-12-6-5-9-15(12)11-14(10-13(16)17)7-3-2-4-8-14/h12H,2-11H2,1H3,(H,16,17). The van der Waals surface area contributed by atoms with Crippen molar-refractivity contribution < 1.29 is 9.90 Å². The summed E-state index contributed by atoms with van der Waals surface area (Å²) in [7, 11) is 0. The summed E-state index contributed by atoms with van der Waals surface area (Å²) < 4.78 is 0. The molecule has 3 nitrogen and oxygen atoms in total. The van der Waals surface area contributed by atoms with Crippen molar-refractivity contribution in [3.63, 3.8) is 0 Å². The predicted molar refractivity (Wildman–Crippen MR) is 68.0 cm³/mol. The summed E-state index contributed by atoms with van der Waals surface area (Å²) in [6.07, 6.45) is 8.89. The van der Waals surface area contributed by atoms with Gasteiger partial charge in [-0.3, -0.25) is 4.79 Å². The summed E-state index contributed by atoms with van der Waals surface area (Å²) in [5, 5.41) is 9.15. The van der Waals surface area contributed by atoms with Gasteiger partial charge in [0.05, 0.1) is 6.42 Å². The molecule has 1 aliphatic heterocycles. The Morgan fingerprint density at radius 3 is 2.53 bits per heavy atom. The second-order valence-electron chi connectivity index (χ2n) is 6.09. The predicted octanol–water partition coefficient (Wildman–Crippen LogP) is 2.90. The average Bonchev–Trinajstić information content (AvgIpc) is 2.64. The zero-order chi connectivity index (χ0) is 12.3. The molecule has 1 N–H and O–H groups in total. The van der Waals surface area contributed by atoms with Crippen LogP contribution in [0.15, 0.2) is 0 Å². The average molecular weight is 239 g/mol. The van der Waals surface area contributed by atoms with Crippen LogP contribution >= 0.6 is 0 Å². The van der Waals surface area contributed by atoms with E-state index in [-0.39, 0.29) is 5.41 Å². The lowest BCUT2D eigenvalue weighted by Crippen LogP contribution is -2.42. The Hall–Kier alpha value is -0.570. The molecule has 0 radical (unpaired) electrons. The number of carbonyl (C=O) groups is 1. The first-order valence-corrected chi connectivity index (χ1v) is 7.07. The highest BCUT2D eigenvalue weighted by molar-refractivity contribution is 5.67. The summed E-state index contributed by atoms with van der Waals surface area (Å²) >= 11 is 0. The van der Waals surface area contributed by atoms with Gasteiger partial charge in [0.25, 0.3) is 0 Å². The number of rotatable bonds is 4. The van der Waals surface area contributed by atoms with E-state index in [1.54, 1.807) is 0 Å². The monoisotopic (exact) mass is 239 g/mol. The minimum atomic E-state index is -0.612. The number of carboxylic acids is 1. The van der Waals surface area contributed by atoms with Crippen molar-refractivity contribution in [2.75, 3.05) is 13.1 Å². The minimum Gasteiger partial charge on any atom is -0.481 e. The van der Waals surface area contributed by atoms with Gasteiger partial charge < -0.3 is 10.0 Å². The van der Waals surface area contributed by atoms with Crippen molar-refractivity contribution in [1.82, 2.24) is 4.90 Å². The van der Waals surface area contributed by atoms with Gasteiger partial charge in [-0.15, -0.1) is 0 Å². The van der Waals surface area contributed by atoms with E-state index in [1.165, 1.54) is 38.6 Å². The van der Waals surface area contributed by atoms with Crippen LogP contribution < -0.4 is 0 Å². The molecule has 3 heteroatoms. The van der Waals surface area contributed by atoms with Crippen LogP contribution in [0.2, 0.25) is 0 Å². The van der Waals surface area contributed by atoms with Crippen LogP contribution in [0, 0.1) is 5.41 Å². The lowest BCUT2D eigenvalue weighted by atomic mass is 9.71. The molecule has 17 heavy (non-hydrogen) atoms. The van der Waals surface area contributed by atoms with E-state index in [0.29, 0.717) is 12.5 Å². The van der Waals surface area contributed by atoms with Crippen molar-refractivity contribution in [3.05, 3.63) is 0 Å². The Balaban J connectivity index is 2.01. The Labute approximate surface area is 104 Å². The highest BCUT2D eigenvalue weighted by atomic mass is 16.4. The van der Waals surface area contributed by atoms with Crippen LogP contribution in [0.1, 0.15) is 58.3 Å². The van der Waals surface area contributed by atoms with Gasteiger partial charge in [-0.1, -0.05) is 19.3 Å². The van der Waals surface area contributed by atoms with Crippen molar-refractivity contribution in [1.29, 1.82) is 0 Å². The third-order valence-corrected chi connectivity index (χ3v) is 4.67. The van der Waals surface area contributed by atoms with Crippen LogP contribution in [-0.2, 0) is 4.79 Å². The van der Waals surface area contributed by atoms with E-state index in [4.69, 9.17) is 5.11 Å². The van der Waals surface area contributed by atoms with E-state index in [2.05, 4.69) is 11.8 Å². The van der Waals surface area contributed by atoms with E-state index in [0.717, 1.165) is 19.4 Å². The van der Waals surface area contributed by atoms with Crippen molar-refractivity contribution in [2.45, 2.75) is 64.3 Å². The summed E-state index contributed by atoms with van der Waals surface area (Å²) in [5.41, 5.74) is 0.0721. The van der Waals surface area contributed by atoms with Gasteiger partial charge >= 0.3 is 5.97 Å². The Morgan fingerprint density at radius 2 is 2.00 bits per heavy atom. The maximum absolute atomic E-state index is 11.1. The minimum absolute atomic E-state index is 0.0721. The number of likely N-dealkylation sites (tertiary alicyclic amines) is 1. The van der Waals surface area contributed by atoms with E-state index < -0.39 is 5.97 Å². The molecule has 98 valence electrons. The maximum Gasteiger partial charge on any atom is 0.303 e. The van der Waals surface area contributed by atoms with Crippen molar-refractivity contribution in [3.8, 4) is 0 Å². The summed E-state index contributed by atoms with van der Waals surface area (Å²) in [6, 6.07) is 0.655. The Kier molecular flexibility index (Phi) is 4.08. The molecule has 0 aromatic carbocycles. The van der Waals surface area contributed by atoms with E-state index >= 15 is 0 Å². The first kappa shape index (κ1) is 12.9. The second kappa shape index (κ2) is 5.38. The fourth-order valence-electron chi connectivity index (χ4n) is 3.67. The molecule has 1 atom stereocenters. The molecule has 2 aliphatic rings. The number of aliphatic carboxylic acids is 1. The van der Waals surface area contributed by atoms with E-state index in [9.17, 15) is 4.79 Å². The summed E-state index contributed by atoms with van der Waals surface area (Å²) in [5.74, 6) is -0.612. The molecule has 1 saturated heterocycles. The molecule has 0 aromatic heterocycles. The number of carboxylic acid groups (broad SMARTS) is 1. The molecule has 0 amide bonds. The first-order chi connectivity index (χ1) is 8.11. The van der Waals surface area contributed by atoms with Crippen LogP contribution in [0.3, 0.4) is 0 Å². The molecule has 2 rings (SSSR count). The normalized spacial score (nSPS) is 29.4. The largest absolute Gasteiger partial charge is 0.481 e. The molecule has 1 unspecified atom stereocenters. The topological polar surface area (TPSA) is 40.5 Å². The van der Waals surface area contributed by atoms with Gasteiger partial charge in [0.15, 0.2) is 0 Å². The van der Waals surface area contributed by atoms with Gasteiger partial charge in [0.1, 0.15) is 0 Å². The number of nitrogens with zero attached hydrogens (tertiary/aromatic N) is 1. The molecule has 0 spiro atoms. The fraction of sp³-hybridized carbons (Fsp3) is 0.929. The van der Waals surface area contributed by atoms with Gasteiger partial charge in [0.2, 0.25) is 0 Å². The number of hydrogen-bond acceptors (Lipinski definition) is 2. The molecular weight excluding hydrogens is 214 g/mol. The molecule has 1 aliphatic carbocycles. The molecule has 0 aromatic rings. The zero-order valence-electron chi connectivity index (χ0n) is 11.0. The van der Waals surface area contributed by atoms with Gasteiger partial charge in [-0.2, -0.15) is 0 Å². The molecule has 1 heterocycles. The molecule has 0 bridgehead atoms. The van der Waals surface area contributed by atoms with Crippen molar-refractivity contribution >= 4 is 5.97 Å². The SMILES string of the molecule is CC1CCCN1CC1(CC(=O)O)CCCCC1. The highest BCUT2D eigenvalue weighted by Crippen LogP contribution is 2.41. The molecule has 1 saturated carbocycles. The van der Waals surface area contributed by atoms with Gasteiger partial charge in [0, 0.05) is 12.6 Å². The van der Waals surface area contributed by atoms with Crippen molar-refractivity contribution in [2.24, 2.45) is 5.41 Å². The molecule has 2 fully saturated rings. The third-order valence-electron chi connectivity index (χ3n) is 4.67. The zero-order valence-corrected chi connectivity index (χ0v) is 11.0. The summed E-state index contributed by atoms with van der Waals surface area (Å²) in [4.78, 5) is 13.6. The smallest absolute Gasteiger partial charge is 0.303 e. The quantitative estimate of drug-likeness (QED) is 0.820. The lowest BCUT2D eigenvalue weighted by molar-refractivity contribution is -0.140. The van der Waals surface area contributed by atoms with Crippen LogP contribution in [-0.4, -0.2) is 35.1 Å². The van der Waals surface area contributed by atoms with Gasteiger partial charge in [-0.05, 0) is 44.6 Å². The Bertz CT molecular complexity index is 271. The lowest BCUT2D eigenvalue weighted by Gasteiger charge is -2.40. The fourth-order valence-corrected chi connectivity index (χ4v) is 3.67. The van der Waals surface area contributed by atoms with Crippen LogP contribution in [0.5, 0.6) is 0 Å². The first-order valence-electron chi connectivity index (χ1n) is 7.07. The van der Waals surface area contributed by atoms with Crippen LogP contribution in [0.4, 0.5) is 0 Å². The maximum atomic E-state index is 11.1.